The van der Waals surface area contributed by atoms with E-state index in [9.17, 15) is 0 Å². The molecule has 9 heavy (non-hydrogen) atoms. The fraction of sp³-hybridized carbons (Fsp3) is 1.00. The fourth-order valence-electron chi connectivity index (χ4n) is 0.791. The summed E-state index contributed by atoms with van der Waals surface area (Å²) in [5, 5.41) is 0. The summed E-state index contributed by atoms with van der Waals surface area (Å²) in [6.45, 7) is 0. The van der Waals surface area contributed by atoms with Gasteiger partial charge in [-0.3, -0.25) is 0 Å². The molecule has 1 fully saturated rings. The van der Waals surface area contributed by atoms with E-state index in [4.69, 9.17) is 0 Å². The van der Waals surface area contributed by atoms with Crippen molar-refractivity contribution in [3.05, 3.63) is 0 Å². The third-order valence-electron chi connectivity index (χ3n) is 1.16. The molecule has 1 atom stereocenters. The second kappa shape index (κ2) is 4.31. The maximum Gasteiger partial charge on any atom is 0.0910 e. The lowest BCUT2D eigenvalue weighted by molar-refractivity contribution is 0.924. The number of thiol groups is 2. The van der Waals surface area contributed by atoms with Crippen molar-refractivity contribution in [2.45, 2.75) is 21.3 Å². The first-order chi connectivity index (χ1) is 4.29. The van der Waals surface area contributed by atoms with Crippen LogP contribution >= 0.6 is 48.8 Å². The lowest BCUT2D eigenvalue weighted by Gasteiger charge is -2.08. The fourth-order valence-corrected chi connectivity index (χ4v) is 4.61. The monoisotopic (exact) mass is 198 g/mol. The van der Waals surface area contributed by atoms with Crippen LogP contribution in [0.4, 0.5) is 0 Å². The first kappa shape index (κ1) is 8.50. The number of thioether (sulfide) groups is 2. The molecule has 1 unspecified atom stereocenters. The molecule has 1 aliphatic heterocycles. The molecule has 0 aromatic carbocycles. The minimum Gasteiger partial charge on any atom is -0.154 e. The second-order valence-electron chi connectivity index (χ2n) is 1.90. The molecule has 0 amide bonds. The van der Waals surface area contributed by atoms with Crippen molar-refractivity contribution < 1.29 is 0 Å². The molecule has 4 heteroatoms. The predicted octanol–water partition coefficient (Wildman–Crippen LogP) is 2.72. The van der Waals surface area contributed by atoms with Gasteiger partial charge in [0.05, 0.1) is 8.50 Å². The average Bonchev–Trinajstić information content (AvgIpc) is 2.15. The molecule has 0 radical (unpaired) electrons. The maximum atomic E-state index is 4.19. The third kappa shape index (κ3) is 3.35. The molecule has 0 spiro atoms. The molecule has 0 nitrogen and oxygen atoms in total. The van der Waals surface area contributed by atoms with Gasteiger partial charge in [0.15, 0.2) is 0 Å². The Morgan fingerprint density at radius 1 is 1.56 bits per heavy atom. The lowest BCUT2D eigenvalue weighted by atomic mass is 10.4. The Bertz CT molecular complexity index is 77.0. The summed E-state index contributed by atoms with van der Waals surface area (Å²) in [4.78, 5) is 0. The van der Waals surface area contributed by atoms with Gasteiger partial charge in [0.2, 0.25) is 0 Å². The van der Waals surface area contributed by atoms with Crippen molar-refractivity contribution in [1.29, 1.82) is 0 Å². The van der Waals surface area contributed by atoms with E-state index in [0.29, 0.717) is 0 Å². The molecule has 0 aliphatic carbocycles. The molecular weight excluding hydrogens is 188 g/mol. The first-order valence-electron chi connectivity index (χ1n) is 2.92. The van der Waals surface area contributed by atoms with Crippen LogP contribution in [0.3, 0.4) is 0 Å². The summed E-state index contributed by atoms with van der Waals surface area (Å²) < 4.78 is 0.977. The first-order valence-corrected chi connectivity index (χ1v) is 5.94. The molecular formula is C5H10S4. The van der Waals surface area contributed by atoms with Crippen LogP contribution in [0.5, 0.6) is 0 Å². The van der Waals surface area contributed by atoms with Crippen LogP contribution in [0.25, 0.3) is 0 Å². The molecule has 1 saturated heterocycles. The quantitative estimate of drug-likeness (QED) is 0.517. The largest absolute Gasteiger partial charge is 0.154 e. The summed E-state index contributed by atoms with van der Waals surface area (Å²) in [5.74, 6) is 1.33. The van der Waals surface area contributed by atoms with Crippen LogP contribution in [0.15, 0.2) is 0 Å². The van der Waals surface area contributed by atoms with Crippen LogP contribution in [-0.2, 0) is 0 Å². The van der Waals surface area contributed by atoms with Gasteiger partial charge in [0.25, 0.3) is 0 Å². The van der Waals surface area contributed by atoms with Crippen LogP contribution in [0.1, 0.15) is 12.8 Å². The van der Waals surface area contributed by atoms with E-state index in [1.807, 2.05) is 23.5 Å². The highest BCUT2D eigenvalue weighted by molar-refractivity contribution is 8.28. The van der Waals surface area contributed by atoms with Gasteiger partial charge in [-0.2, -0.15) is 25.3 Å². The zero-order chi connectivity index (χ0) is 6.69. The second-order valence-corrected chi connectivity index (χ2v) is 6.97. The minimum atomic E-state index is 0.209. The highest BCUT2D eigenvalue weighted by Crippen LogP contribution is 2.38. The standard InChI is InChI=1S/C5H10S4/c6-5(7)9-4-2-1-3-8-4/h4-7H,1-3H2. The smallest absolute Gasteiger partial charge is 0.0910 e. The van der Waals surface area contributed by atoms with Gasteiger partial charge in [-0.05, 0) is 18.6 Å². The molecule has 0 aromatic heterocycles. The van der Waals surface area contributed by atoms with Crippen molar-refractivity contribution in [2.75, 3.05) is 5.75 Å². The van der Waals surface area contributed by atoms with Crippen molar-refractivity contribution in [3.63, 3.8) is 0 Å². The van der Waals surface area contributed by atoms with Gasteiger partial charge in [-0.15, -0.1) is 23.5 Å². The van der Waals surface area contributed by atoms with Gasteiger partial charge >= 0.3 is 0 Å². The van der Waals surface area contributed by atoms with Crippen molar-refractivity contribution in [1.82, 2.24) is 0 Å². The highest BCUT2D eigenvalue weighted by Gasteiger charge is 2.17. The van der Waals surface area contributed by atoms with Crippen LogP contribution < -0.4 is 0 Å². The van der Waals surface area contributed by atoms with Crippen molar-refractivity contribution >= 4 is 48.8 Å². The Morgan fingerprint density at radius 3 is 2.78 bits per heavy atom. The topological polar surface area (TPSA) is 0 Å². The molecule has 1 rings (SSSR count). The predicted molar refractivity (Wildman–Crippen MR) is 54.8 cm³/mol. The molecule has 0 N–H and O–H groups in total. The van der Waals surface area contributed by atoms with Crippen LogP contribution in [0.2, 0.25) is 0 Å². The van der Waals surface area contributed by atoms with E-state index in [0.717, 1.165) is 4.58 Å². The number of hydrogen-bond acceptors (Lipinski definition) is 4. The van der Waals surface area contributed by atoms with Crippen LogP contribution in [0, 0.1) is 0 Å². The Hall–Kier alpha value is 1.40. The normalized spacial score (nSPS) is 27.7. The number of hydrogen-bond donors (Lipinski definition) is 2. The van der Waals surface area contributed by atoms with Gasteiger partial charge in [-0.1, -0.05) is 0 Å². The zero-order valence-electron chi connectivity index (χ0n) is 4.99. The SMILES string of the molecule is SC(S)SC1CCCS1. The average molecular weight is 198 g/mol. The van der Waals surface area contributed by atoms with Gasteiger partial charge in [0.1, 0.15) is 0 Å². The molecule has 54 valence electrons. The Labute approximate surface area is 75.7 Å². The Kier molecular flexibility index (Phi) is 4.07. The van der Waals surface area contributed by atoms with Crippen LogP contribution in [-0.4, -0.2) is 14.2 Å². The molecule has 1 heterocycles. The maximum absolute atomic E-state index is 4.19. The van der Waals surface area contributed by atoms with Gasteiger partial charge < -0.3 is 0 Å². The van der Waals surface area contributed by atoms with E-state index in [2.05, 4.69) is 25.3 Å². The van der Waals surface area contributed by atoms with Crippen molar-refractivity contribution in [2.24, 2.45) is 0 Å². The molecule has 1 aliphatic rings. The molecule has 0 aromatic rings. The third-order valence-corrected chi connectivity index (χ3v) is 4.55. The highest BCUT2D eigenvalue weighted by atomic mass is 32.3. The summed E-state index contributed by atoms with van der Waals surface area (Å²) in [7, 11) is 0. The van der Waals surface area contributed by atoms with E-state index >= 15 is 0 Å². The summed E-state index contributed by atoms with van der Waals surface area (Å²) in [5.41, 5.74) is 0. The Balaban J connectivity index is 2.11. The summed E-state index contributed by atoms with van der Waals surface area (Å²) in [6, 6.07) is 0. The molecule has 0 bridgehead atoms. The van der Waals surface area contributed by atoms with Gasteiger partial charge in [0, 0.05) is 0 Å². The summed E-state index contributed by atoms with van der Waals surface area (Å²) >= 11 is 12.3. The lowest BCUT2D eigenvalue weighted by Crippen LogP contribution is -1.91. The van der Waals surface area contributed by atoms with E-state index in [1.165, 1.54) is 18.6 Å². The van der Waals surface area contributed by atoms with E-state index in [1.54, 1.807) is 0 Å². The van der Waals surface area contributed by atoms with E-state index in [-0.39, 0.29) is 3.91 Å². The molecule has 0 saturated carbocycles. The Morgan fingerprint density at radius 2 is 2.33 bits per heavy atom. The minimum absolute atomic E-state index is 0.209. The van der Waals surface area contributed by atoms with Crippen molar-refractivity contribution in [3.8, 4) is 0 Å². The summed E-state index contributed by atoms with van der Waals surface area (Å²) in [6.07, 6.45) is 2.71. The zero-order valence-corrected chi connectivity index (χ0v) is 8.41. The number of rotatable bonds is 2. The van der Waals surface area contributed by atoms with Gasteiger partial charge in [-0.25, -0.2) is 0 Å². The van der Waals surface area contributed by atoms with E-state index < -0.39 is 0 Å².